The number of nitro groups is 1. The van der Waals surface area contributed by atoms with Crippen molar-refractivity contribution in [2.24, 2.45) is 0 Å². The number of thiophene rings is 1. The topological polar surface area (TPSA) is 118 Å². The Morgan fingerprint density at radius 1 is 1.15 bits per heavy atom. The zero-order chi connectivity index (χ0) is 14.9. The van der Waals surface area contributed by atoms with E-state index in [1.165, 1.54) is 11.4 Å². The Balaban J connectivity index is 2.62. The Kier molecular flexibility index (Phi) is 3.49. The quantitative estimate of drug-likeness (QED) is 0.661. The van der Waals surface area contributed by atoms with Gasteiger partial charge < -0.3 is 10.2 Å². The van der Waals surface area contributed by atoms with Crippen LogP contribution in [-0.4, -0.2) is 27.1 Å². The highest BCUT2D eigenvalue weighted by molar-refractivity contribution is 7.12. The van der Waals surface area contributed by atoms with Crippen LogP contribution in [0.2, 0.25) is 0 Å². The Bertz CT molecular complexity index is 720. The number of carboxylic acids is 2. The molecule has 0 aliphatic carbocycles. The summed E-state index contributed by atoms with van der Waals surface area (Å²) in [6.45, 7) is 0. The van der Waals surface area contributed by atoms with Crippen molar-refractivity contribution in [2.75, 3.05) is 0 Å². The van der Waals surface area contributed by atoms with E-state index in [0.717, 1.165) is 29.5 Å². The van der Waals surface area contributed by atoms with Gasteiger partial charge in [0.1, 0.15) is 4.88 Å². The van der Waals surface area contributed by atoms with Crippen molar-refractivity contribution < 1.29 is 24.7 Å². The number of carbonyl (C=O) groups is 2. The molecule has 7 nitrogen and oxygen atoms in total. The van der Waals surface area contributed by atoms with Gasteiger partial charge in [-0.3, -0.25) is 10.1 Å². The van der Waals surface area contributed by atoms with E-state index in [-0.39, 0.29) is 21.7 Å². The van der Waals surface area contributed by atoms with Crippen LogP contribution >= 0.6 is 11.3 Å². The second-order valence-corrected chi connectivity index (χ2v) is 4.71. The van der Waals surface area contributed by atoms with E-state index in [0.29, 0.717) is 5.56 Å². The molecule has 0 radical (unpaired) electrons. The lowest BCUT2D eigenvalue weighted by atomic mass is 10.0. The third-order valence-electron chi connectivity index (χ3n) is 2.57. The molecule has 2 aromatic rings. The fraction of sp³-hybridized carbons (Fsp3) is 0. The van der Waals surface area contributed by atoms with Crippen molar-refractivity contribution in [3.05, 3.63) is 50.2 Å². The number of carboxylic acid groups (broad SMARTS) is 2. The largest absolute Gasteiger partial charge is 0.478 e. The predicted molar refractivity (Wildman–Crippen MR) is 70.3 cm³/mol. The van der Waals surface area contributed by atoms with Crippen LogP contribution in [0.5, 0.6) is 0 Å². The van der Waals surface area contributed by atoms with Crippen LogP contribution in [0.3, 0.4) is 0 Å². The summed E-state index contributed by atoms with van der Waals surface area (Å²) in [6, 6.07) is 4.64. The molecule has 102 valence electrons. The molecular formula is C12H7NO6S. The maximum absolute atomic E-state index is 11.1. The molecule has 0 spiro atoms. The fourth-order valence-corrected chi connectivity index (χ4v) is 2.41. The van der Waals surface area contributed by atoms with Crippen molar-refractivity contribution in [3.63, 3.8) is 0 Å². The highest BCUT2D eigenvalue weighted by Crippen LogP contribution is 2.31. The molecule has 0 aliphatic heterocycles. The van der Waals surface area contributed by atoms with Crippen LogP contribution in [0, 0.1) is 10.1 Å². The first kappa shape index (κ1) is 13.7. The summed E-state index contributed by atoms with van der Waals surface area (Å²) in [5.74, 6) is -2.37. The molecule has 2 rings (SSSR count). The monoisotopic (exact) mass is 293 g/mol. The molecule has 0 atom stereocenters. The lowest BCUT2D eigenvalue weighted by Crippen LogP contribution is -2.00. The summed E-state index contributed by atoms with van der Waals surface area (Å²) in [5.41, 5.74) is 0.0716. The SMILES string of the molecule is O=C(O)c1cc(-c2cc([N+](=O)[O-])ccc2C(=O)O)cs1. The molecule has 2 N–H and O–H groups in total. The van der Waals surface area contributed by atoms with Crippen LogP contribution in [0.25, 0.3) is 11.1 Å². The smallest absolute Gasteiger partial charge is 0.345 e. The molecule has 0 saturated heterocycles. The molecule has 1 aromatic heterocycles. The van der Waals surface area contributed by atoms with Gasteiger partial charge in [0.2, 0.25) is 0 Å². The Morgan fingerprint density at radius 3 is 2.35 bits per heavy atom. The third-order valence-corrected chi connectivity index (χ3v) is 3.48. The normalized spacial score (nSPS) is 10.2. The first-order valence-electron chi connectivity index (χ1n) is 5.24. The summed E-state index contributed by atoms with van der Waals surface area (Å²) in [4.78, 5) is 32.1. The standard InChI is InChI=1S/C12H7NO6S/c14-11(15)8-2-1-7(13(18)19)4-9(8)6-3-10(12(16)17)20-5-6/h1-5H,(H,14,15)(H,16,17). The number of benzene rings is 1. The van der Waals surface area contributed by atoms with Gasteiger partial charge in [0, 0.05) is 17.7 Å². The lowest BCUT2D eigenvalue weighted by molar-refractivity contribution is -0.384. The predicted octanol–water partition coefficient (Wildman–Crippen LogP) is 2.72. The van der Waals surface area contributed by atoms with Gasteiger partial charge in [0.25, 0.3) is 5.69 Å². The number of nitrogens with zero attached hydrogens (tertiary/aromatic N) is 1. The molecule has 20 heavy (non-hydrogen) atoms. The van der Waals surface area contributed by atoms with Crippen molar-refractivity contribution in [3.8, 4) is 11.1 Å². The van der Waals surface area contributed by atoms with Gasteiger partial charge in [-0.2, -0.15) is 0 Å². The lowest BCUT2D eigenvalue weighted by Gasteiger charge is -2.03. The molecule has 0 amide bonds. The van der Waals surface area contributed by atoms with E-state index in [9.17, 15) is 19.7 Å². The number of rotatable bonds is 4. The van der Waals surface area contributed by atoms with E-state index in [4.69, 9.17) is 10.2 Å². The maximum atomic E-state index is 11.1. The summed E-state index contributed by atoms with van der Waals surface area (Å²) >= 11 is 0.925. The van der Waals surface area contributed by atoms with Crippen molar-refractivity contribution in [1.82, 2.24) is 0 Å². The molecule has 8 heteroatoms. The molecule has 0 unspecified atom stereocenters. The first-order chi connectivity index (χ1) is 9.40. The number of hydrogen-bond acceptors (Lipinski definition) is 5. The fourth-order valence-electron chi connectivity index (χ4n) is 1.66. The summed E-state index contributed by atoms with van der Waals surface area (Å²) in [6.07, 6.45) is 0. The average Bonchev–Trinajstić information content (AvgIpc) is 2.87. The minimum absolute atomic E-state index is 0.0304. The van der Waals surface area contributed by atoms with Gasteiger partial charge in [-0.1, -0.05) is 0 Å². The van der Waals surface area contributed by atoms with Gasteiger partial charge in [-0.15, -0.1) is 11.3 Å². The van der Waals surface area contributed by atoms with E-state index in [1.54, 1.807) is 0 Å². The van der Waals surface area contributed by atoms with Crippen LogP contribution in [0.15, 0.2) is 29.6 Å². The summed E-state index contributed by atoms with van der Waals surface area (Å²) in [7, 11) is 0. The Hall–Kier alpha value is -2.74. The molecule has 1 heterocycles. The molecule has 0 fully saturated rings. The van der Waals surface area contributed by atoms with Crippen LogP contribution in [0.1, 0.15) is 20.0 Å². The van der Waals surface area contributed by atoms with E-state index < -0.39 is 16.9 Å². The third kappa shape index (κ3) is 2.50. The first-order valence-corrected chi connectivity index (χ1v) is 6.12. The van der Waals surface area contributed by atoms with Crippen molar-refractivity contribution in [1.29, 1.82) is 0 Å². The van der Waals surface area contributed by atoms with Gasteiger partial charge in [0.05, 0.1) is 10.5 Å². The average molecular weight is 293 g/mol. The van der Waals surface area contributed by atoms with Crippen molar-refractivity contribution >= 4 is 29.0 Å². The number of non-ortho nitro benzene ring substituents is 1. The van der Waals surface area contributed by atoms with Gasteiger partial charge in [-0.05, 0) is 23.1 Å². The zero-order valence-electron chi connectivity index (χ0n) is 9.77. The summed E-state index contributed by atoms with van der Waals surface area (Å²) in [5, 5.41) is 30.1. The molecular weight excluding hydrogens is 286 g/mol. The minimum Gasteiger partial charge on any atom is -0.478 e. The molecule has 0 aliphatic rings. The number of aromatic carboxylic acids is 2. The maximum Gasteiger partial charge on any atom is 0.345 e. The number of hydrogen-bond donors (Lipinski definition) is 2. The number of nitro benzene ring substituents is 1. The van der Waals surface area contributed by atoms with E-state index >= 15 is 0 Å². The van der Waals surface area contributed by atoms with Crippen molar-refractivity contribution in [2.45, 2.75) is 0 Å². The van der Waals surface area contributed by atoms with Gasteiger partial charge in [0.15, 0.2) is 0 Å². The summed E-state index contributed by atoms with van der Waals surface area (Å²) < 4.78 is 0. The molecule has 1 aromatic carbocycles. The Morgan fingerprint density at radius 2 is 1.85 bits per heavy atom. The second kappa shape index (κ2) is 5.10. The molecule has 0 saturated carbocycles. The zero-order valence-corrected chi connectivity index (χ0v) is 10.6. The molecule has 0 bridgehead atoms. The van der Waals surface area contributed by atoms with Crippen LogP contribution in [-0.2, 0) is 0 Å². The minimum atomic E-state index is -1.24. The Labute approximate surface area is 115 Å². The van der Waals surface area contributed by atoms with Crippen LogP contribution in [0.4, 0.5) is 5.69 Å². The van der Waals surface area contributed by atoms with Gasteiger partial charge >= 0.3 is 11.9 Å². The highest BCUT2D eigenvalue weighted by Gasteiger charge is 2.18. The van der Waals surface area contributed by atoms with E-state index in [2.05, 4.69) is 0 Å². The van der Waals surface area contributed by atoms with Crippen LogP contribution < -0.4 is 0 Å². The second-order valence-electron chi connectivity index (χ2n) is 3.80. The van der Waals surface area contributed by atoms with E-state index in [1.807, 2.05) is 0 Å². The van der Waals surface area contributed by atoms with Gasteiger partial charge in [-0.25, -0.2) is 9.59 Å². The highest BCUT2D eigenvalue weighted by atomic mass is 32.1.